The molecule has 344 valence electrons. The molecule has 0 aromatic heterocycles. The maximum atomic E-state index is 14.2. The van der Waals surface area contributed by atoms with Crippen molar-refractivity contribution in [1.29, 1.82) is 0 Å². The Morgan fingerprint density at radius 3 is 1.33 bits per heavy atom. The van der Waals surface area contributed by atoms with Crippen LogP contribution in [-0.4, -0.2) is 73.6 Å². The molecule has 6 heteroatoms. The number of hydrogen-bond donors (Lipinski definition) is 1. The predicted molar refractivity (Wildman–Crippen MR) is 253 cm³/mol. The Morgan fingerprint density at radius 2 is 0.914 bits per heavy atom. The molecule has 2 atom stereocenters. The van der Waals surface area contributed by atoms with Crippen molar-refractivity contribution < 1.29 is 14.3 Å². The second-order valence-corrected chi connectivity index (χ2v) is 18.4. The highest BCUT2D eigenvalue weighted by molar-refractivity contribution is 5.88. The molecule has 0 bridgehead atoms. The van der Waals surface area contributed by atoms with E-state index in [1.807, 2.05) is 0 Å². The van der Waals surface area contributed by atoms with Gasteiger partial charge in [-0.2, -0.15) is 0 Å². The number of carbonyl (C=O) groups is 2. The molecule has 0 aliphatic carbocycles. The van der Waals surface area contributed by atoms with Gasteiger partial charge in [0.05, 0.1) is 13.2 Å². The van der Waals surface area contributed by atoms with E-state index in [4.69, 9.17) is 4.74 Å². The summed E-state index contributed by atoms with van der Waals surface area (Å²) in [4.78, 5) is 32.8. The van der Waals surface area contributed by atoms with Crippen molar-refractivity contribution in [3.05, 3.63) is 0 Å². The lowest BCUT2D eigenvalue weighted by atomic mass is 9.89. The standard InChI is InChI=1S/C52H103N3O3/c1-5-9-12-14-16-18-20-22-24-26-28-30-32-34-36-38-42-53-52(57)51(49(8-4)40-11-7-3)55(44-39-43-54-45-47-58-48-46-54)50(56)41-37-35-33-31-29-27-25-23-21-19-17-15-13-10-6-2/h49,51H,5-48H2,1-4H3,(H,53,57). The van der Waals surface area contributed by atoms with Crippen LogP contribution in [0, 0.1) is 5.92 Å². The fraction of sp³-hybridized carbons (Fsp3) is 0.962. The number of hydrogen-bond acceptors (Lipinski definition) is 4. The highest BCUT2D eigenvalue weighted by Gasteiger charge is 2.35. The summed E-state index contributed by atoms with van der Waals surface area (Å²) in [6.45, 7) is 14.9. The van der Waals surface area contributed by atoms with Crippen LogP contribution < -0.4 is 5.32 Å². The summed E-state index contributed by atoms with van der Waals surface area (Å²) in [6, 6.07) is -0.355. The largest absolute Gasteiger partial charge is 0.379 e. The zero-order valence-electron chi connectivity index (χ0n) is 39.9. The first-order valence-corrected chi connectivity index (χ1v) is 26.5. The van der Waals surface area contributed by atoms with Gasteiger partial charge in [0.2, 0.25) is 11.8 Å². The summed E-state index contributed by atoms with van der Waals surface area (Å²) in [6.07, 6.45) is 47.2. The molecule has 0 saturated carbocycles. The first-order valence-electron chi connectivity index (χ1n) is 26.5. The van der Waals surface area contributed by atoms with E-state index < -0.39 is 0 Å². The van der Waals surface area contributed by atoms with Crippen molar-refractivity contribution in [2.24, 2.45) is 5.92 Å². The van der Waals surface area contributed by atoms with Crippen molar-refractivity contribution in [3.8, 4) is 0 Å². The van der Waals surface area contributed by atoms with E-state index in [1.165, 1.54) is 180 Å². The second-order valence-electron chi connectivity index (χ2n) is 18.4. The number of nitrogens with one attached hydrogen (secondary N) is 1. The molecule has 1 aliphatic heterocycles. The normalized spacial score (nSPS) is 14.5. The number of unbranched alkanes of at least 4 members (excludes halogenated alkanes) is 30. The third kappa shape index (κ3) is 31.7. The van der Waals surface area contributed by atoms with Crippen LogP contribution >= 0.6 is 0 Å². The van der Waals surface area contributed by atoms with E-state index >= 15 is 0 Å². The van der Waals surface area contributed by atoms with Crippen LogP contribution in [0.4, 0.5) is 0 Å². The maximum absolute atomic E-state index is 14.2. The Labute approximate surface area is 363 Å². The third-order valence-corrected chi connectivity index (χ3v) is 13.1. The highest BCUT2D eigenvalue weighted by atomic mass is 16.5. The second kappa shape index (κ2) is 42.5. The van der Waals surface area contributed by atoms with Crippen molar-refractivity contribution >= 4 is 11.8 Å². The van der Waals surface area contributed by atoms with Gasteiger partial charge in [-0.25, -0.2) is 0 Å². The number of rotatable bonds is 44. The van der Waals surface area contributed by atoms with Gasteiger partial charge in [0.1, 0.15) is 6.04 Å². The molecular formula is C52H103N3O3. The monoisotopic (exact) mass is 818 g/mol. The topological polar surface area (TPSA) is 61.9 Å². The highest BCUT2D eigenvalue weighted by Crippen LogP contribution is 2.25. The molecule has 2 amide bonds. The predicted octanol–water partition coefficient (Wildman–Crippen LogP) is 14.8. The minimum absolute atomic E-state index is 0.0973. The Morgan fingerprint density at radius 1 is 0.517 bits per heavy atom. The van der Waals surface area contributed by atoms with Gasteiger partial charge >= 0.3 is 0 Å². The summed E-state index contributed by atoms with van der Waals surface area (Å²) in [5.74, 6) is 0.508. The van der Waals surface area contributed by atoms with E-state index in [9.17, 15) is 9.59 Å². The number of carbonyl (C=O) groups excluding carboxylic acids is 2. The molecule has 1 heterocycles. The molecule has 1 fully saturated rings. The lowest BCUT2D eigenvalue weighted by Crippen LogP contribution is -2.54. The Hall–Kier alpha value is -1.14. The smallest absolute Gasteiger partial charge is 0.243 e. The Kier molecular flexibility index (Phi) is 40.3. The van der Waals surface area contributed by atoms with Gasteiger partial charge in [0.25, 0.3) is 0 Å². The van der Waals surface area contributed by atoms with Gasteiger partial charge in [0.15, 0.2) is 0 Å². The van der Waals surface area contributed by atoms with Crippen molar-refractivity contribution in [1.82, 2.24) is 15.1 Å². The summed E-state index contributed by atoms with van der Waals surface area (Å²) in [7, 11) is 0. The molecule has 0 radical (unpaired) electrons. The minimum Gasteiger partial charge on any atom is -0.379 e. The van der Waals surface area contributed by atoms with Gasteiger partial charge in [-0.1, -0.05) is 233 Å². The Bertz CT molecular complexity index is 878. The lowest BCUT2D eigenvalue weighted by molar-refractivity contribution is -0.143. The third-order valence-electron chi connectivity index (χ3n) is 13.1. The van der Waals surface area contributed by atoms with E-state index in [1.54, 1.807) is 0 Å². The molecule has 2 unspecified atom stereocenters. The summed E-state index contributed by atoms with van der Waals surface area (Å²) >= 11 is 0. The van der Waals surface area contributed by atoms with Gasteiger partial charge in [-0.05, 0) is 31.6 Å². The first kappa shape index (κ1) is 54.9. The molecule has 0 aromatic rings. The van der Waals surface area contributed by atoms with Crippen LogP contribution in [0.5, 0.6) is 0 Å². The number of nitrogens with zero attached hydrogens (tertiary/aromatic N) is 2. The number of morpholine rings is 1. The molecule has 6 nitrogen and oxygen atoms in total. The molecule has 58 heavy (non-hydrogen) atoms. The van der Waals surface area contributed by atoms with Crippen LogP contribution in [0.25, 0.3) is 0 Å². The average Bonchev–Trinajstić information content (AvgIpc) is 3.24. The van der Waals surface area contributed by atoms with Gasteiger partial charge in [-0.3, -0.25) is 14.5 Å². The van der Waals surface area contributed by atoms with E-state index in [0.29, 0.717) is 13.0 Å². The SMILES string of the molecule is CCCCCCCCCCCCCCCCCCNC(=O)C(C(CC)CCCC)N(CCCN1CCOCC1)C(=O)CCCCCCCCCCCCCCCCC. The fourth-order valence-corrected chi connectivity index (χ4v) is 9.15. The van der Waals surface area contributed by atoms with Crippen molar-refractivity contribution in [2.45, 2.75) is 271 Å². The molecule has 1 aliphatic rings. The van der Waals surface area contributed by atoms with Crippen LogP contribution in [0.15, 0.2) is 0 Å². The summed E-state index contributed by atoms with van der Waals surface area (Å²) in [5.41, 5.74) is 0. The Balaban J connectivity index is 2.52. The molecule has 1 saturated heterocycles. The van der Waals surface area contributed by atoms with Crippen molar-refractivity contribution in [2.75, 3.05) is 45.9 Å². The van der Waals surface area contributed by atoms with E-state index in [-0.39, 0.29) is 23.8 Å². The first-order chi connectivity index (χ1) is 28.6. The van der Waals surface area contributed by atoms with E-state index in [2.05, 4.69) is 42.8 Å². The fourth-order valence-electron chi connectivity index (χ4n) is 9.15. The molecule has 1 N–H and O–H groups in total. The maximum Gasteiger partial charge on any atom is 0.243 e. The average molecular weight is 818 g/mol. The number of ether oxygens (including phenoxy) is 1. The molecule has 1 rings (SSSR count). The van der Waals surface area contributed by atoms with Crippen LogP contribution in [0.1, 0.15) is 265 Å². The minimum atomic E-state index is -0.355. The molecule has 0 aromatic carbocycles. The molecule has 0 spiro atoms. The summed E-state index contributed by atoms with van der Waals surface area (Å²) in [5, 5.41) is 3.36. The lowest BCUT2D eigenvalue weighted by Gasteiger charge is -2.37. The molecular weight excluding hydrogens is 715 g/mol. The summed E-state index contributed by atoms with van der Waals surface area (Å²) < 4.78 is 5.59. The van der Waals surface area contributed by atoms with E-state index in [0.717, 1.165) is 90.8 Å². The van der Waals surface area contributed by atoms with Gasteiger partial charge in [-0.15, -0.1) is 0 Å². The zero-order chi connectivity index (χ0) is 42.0. The number of amides is 2. The zero-order valence-corrected chi connectivity index (χ0v) is 39.9. The van der Waals surface area contributed by atoms with Crippen molar-refractivity contribution in [3.63, 3.8) is 0 Å². The van der Waals surface area contributed by atoms with Crippen LogP contribution in [-0.2, 0) is 14.3 Å². The van der Waals surface area contributed by atoms with Gasteiger partial charge in [0, 0.05) is 39.1 Å². The van der Waals surface area contributed by atoms with Gasteiger partial charge < -0.3 is 15.0 Å². The quantitative estimate of drug-likeness (QED) is 0.0622. The van der Waals surface area contributed by atoms with Crippen LogP contribution in [0.3, 0.4) is 0 Å². The van der Waals surface area contributed by atoms with Crippen LogP contribution in [0.2, 0.25) is 0 Å².